The van der Waals surface area contributed by atoms with Crippen LogP contribution in [0.3, 0.4) is 0 Å². The molecule has 1 aromatic carbocycles. The van der Waals surface area contributed by atoms with Crippen molar-refractivity contribution < 1.29 is 9.90 Å². The first-order valence-electron chi connectivity index (χ1n) is 4.77. The lowest BCUT2D eigenvalue weighted by molar-refractivity contribution is 0.0697. The highest BCUT2D eigenvalue weighted by molar-refractivity contribution is 5.87. The standard InChI is InChI=1S/C12H15NO2/c1-9(2)7-13-8-10-3-5-11(6-4-10)12(14)15/h3-6,13H,1,7-8H2,2H3,(H,14,15). The SMILES string of the molecule is C=C(C)CNCc1ccc(C(=O)O)cc1. The first-order valence-corrected chi connectivity index (χ1v) is 4.77. The highest BCUT2D eigenvalue weighted by Crippen LogP contribution is 2.04. The summed E-state index contributed by atoms with van der Waals surface area (Å²) in [7, 11) is 0. The van der Waals surface area contributed by atoms with E-state index in [0.29, 0.717) is 5.56 Å². The number of carbonyl (C=O) groups is 1. The molecule has 0 atom stereocenters. The normalized spacial score (nSPS) is 9.93. The monoisotopic (exact) mass is 205 g/mol. The molecule has 1 aromatic rings. The maximum atomic E-state index is 10.6. The lowest BCUT2D eigenvalue weighted by Crippen LogP contribution is -2.15. The van der Waals surface area contributed by atoms with Gasteiger partial charge < -0.3 is 10.4 Å². The van der Waals surface area contributed by atoms with Gasteiger partial charge in [-0.25, -0.2) is 4.79 Å². The highest BCUT2D eigenvalue weighted by atomic mass is 16.4. The molecule has 0 saturated heterocycles. The predicted molar refractivity (Wildman–Crippen MR) is 59.9 cm³/mol. The summed E-state index contributed by atoms with van der Waals surface area (Å²) in [4.78, 5) is 10.6. The van der Waals surface area contributed by atoms with Crippen molar-refractivity contribution in [1.82, 2.24) is 5.32 Å². The average molecular weight is 205 g/mol. The molecule has 0 radical (unpaired) electrons. The van der Waals surface area contributed by atoms with Gasteiger partial charge in [0.2, 0.25) is 0 Å². The first kappa shape index (κ1) is 11.5. The number of carboxylic acids is 1. The lowest BCUT2D eigenvalue weighted by Gasteiger charge is -2.04. The minimum atomic E-state index is -0.892. The van der Waals surface area contributed by atoms with Crippen LogP contribution in [0.15, 0.2) is 36.4 Å². The zero-order chi connectivity index (χ0) is 11.3. The highest BCUT2D eigenvalue weighted by Gasteiger charge is 2.00. The van der Waals surface area contributed by atoms with Crippen molar-refractivity contribution in [2.24, 2.45) is 0 Å². The summed E-state index contributed by atoms with van der Waals surface area (Å²) in [5.74, 6) is -0.892. The lowest BCUT2D eigenvalue weighted by atomic mass is 10.1. The summed E-state index contributed by atoms with van der Waals surface area (Å²) < 4.78 is 0. The molecule has 0 unspecified atom stereocenters. The molecule has 0 fully saturated rings. The molecule has 0 heterocycles. The van der Waals surface area contributed by atoms with Crippen LogP contribution in [-0.2, 0) is 6.54 Å². The quantitative estimate of drug-likeness (QED) is 0.723. The molecule has 0 aliphatic rings. The van der Waals surface area contributed by atoms with E-state index in [1.54, 1.807) is 12.1 Å². The van der Waals surface area contributed by atoms with Gasteiger partial charge in [-0.05, 0) is 24.6 Å². The third-order valence-electron chi connectivity index (χ3n) is 1.96. The molecular formula is C12H15NO2. The summed E-state index contributed by atoms with van der Waals surface area (Å²) in [6, 6.07) is 6.85. The van der Waals surface area contributed by atoms with E-state index in [9.17, 15) is 4.79 Å². The van der Waals surface area contributed by atoms with Gasteiger partial charge in [0.15, 0.2) is 0 Å². The summed E-state index contributed by atoms with van der Waals surface area (Å²) in [6.07, 6.45) is 0. The zero-order valence-corrected chi connectivity index (χ0v) is 8.79. The number of hydrogen-bond acceptors (Lipinski definition) is 2. The number of aromatic carboxylic acids is 1. The van der Waals surface area contributed by atoms with Crippen LogP contribution >= 0.6 is 0 Å². The molecule has 0 spiro atoms. The van der Waals surface area contributed by atoms with Gasteiger partial charge in [-0.2, -0.15) is 0 Å². The van der Waals surface area contributed by atoms with Crippen LogP contribution in [0.25, 0.3) is 0 Å². The van der Waals surface area contributed by atoms with Crippen molar-refractivity contribution in [3.8, 4) is 0 Å². The van der Waals surface area contributed by atoms with Gasteiger partial charge in [-0.1, -0.05) is 24.3 Å². The molecular weight excluding hydrogens is 190 g/mol. The largest absolute Gasteiger partial charge is 0.478 e. The van der Waals surface area contributed by atoms with Crippen molar-refractivity contribution in [2.75, 3.05) is 6.54 Å². The summed E-state index contributed by atoms with van der Waals surface area (Å²) in [6.45, 7) is 7.25. The second-order valence-corrected chi connectivity index (χ2v) is 3.56. The Bertz CT molecular complexity index is 354. The molecule has 0 saturated carbocycles. The predicted octanol–water partition coefficient (Wildman–Crippen LogP) is 2.05. The number of rotatable bonds is 5. The Balaban J connectivity index is 2.50. The number of hydrogen-bond donors (Lipinski definition) is 2. The minimum Gasteiger partial charge on any atom is -0.478 e. The van der Waals surface area contributed by atoms with Crippen LogP contribution in [0.5, 0.6) is 0 Å². The summed E-state index contributed by atoms with van der Waals surface area (Å²) in [5.41, 5.74) is 2.47. The molecule has 0 bridgehead atoms. The molecule has 80 valence electrons. The Morgan fingerprint density at radius 2 is 2.00 bits per heavy atom. The van der Waals surface area contributed by atoms with Gasteiger partial charge in [-0.15, -0.1) is 0 Å². The van der Waals surface area contributed by atoms with Crippen LogP contribution in [0.2, 0.25) is 0 Å². The molecule has 1 rings (SSSR count). The van der Waals surface area contributed by atoms with Crippen LogP contribution in [0.4, 0.5) is 0 Å². The van der Waals surface area contributed by atoms with Gasteiger partial charge >= 0.3 is 5.97 Å². The van der Waals surface area contributed by atoms with Crippen LogP contribution in [0.1, 0.15) is 22.8 Å². The first-order chi connectivity index (χ1) is 7.09. The fourth-order valence-corrected chi connectivity index (χ4v) is 1.19. The number of nitrogens with one attached hydrogen (secondary N) is 1. The van der Waals surface area contributed by atoms with Crippen molar-refractivity contribution in [3.63, 3.8) is 0 Å². The smallest absolute Gasteiger partial charge is 0.335 e. The number of carboxylic acid groups (broad SMARTS) is 1. The zero-order valence-electron chi connectivity index (χ0n) is 8.79. The van der Waals surface area contributed by atoms with E-state index in [1.807, 2.05) is 19.1 Å². The maximum absolute atomic E-state index is 10.6. The van der Waals surface area contributed by atoms with Gasteiger partial charge in [0, 0.05) is 13.1 Å². The second kappa shape index (κ2) is 5.32. The van der Waals surface area contributed by atoms with Crippen molar-refractivity contribution >= 4 is 5.97 Å². The molecule has 0 aromatic heterocycles. The Hall–Kier alpha value is -1.61. The fourth-order valence-electron chi connectivity index (χ4n) is 1.19. The molecule has 3 heteroatoms. The summed E-state index contributed by atoms with van der Waals surface area (Å²) in [5, 5.41) is 11.9. The van der Waals surface area contributed by atoms with Gasteiger partial charge in [0.05, 0.1) is 5.56 Å². The van der Waals surface area contributed by atoms with Gasteiger partial charge in [0.1, 0.15) is 0 Å². The van der Waals surface area contributed by atoms with E-state index in [-0.39, 0.29) is 0 Å². The van der Waals surface area contributed by atoms with E-state index >= 15 is 0 Å². The minimum absolute atomic E-state index is 0.318. The van der Waals surface area contributed by atoms with E-state index in [0.717, 1.165) is 24.2 Å². The molecule has 2 N–H and O–H groups in total. The van der Waals surface area contributed by atoms with Gasteiger partial charge in [-0.3, -0.25) is 0 Å². The van der Waals surface area contributed by atoms with Crippen molar-refractivity contribution in [1.29, 1.82) is 0 Å². The topological polar surface area (TPSA) is 49.3 Å². The maximum Gasteiger partial charge on any atom is 0.335 e. The Kier molecular flexibility index (Phi) is 4.06. The fraction of sp³-hybridized carbons (Fsp3) is 0.250. The van der Waals surface area contributed by atoms with E-state index in [4.69, 9.17) is 5.11 Å². The van der Waals surface area contributed by atoms with Crippen LogP contribution in [0, 0.1) is 0 Å². The molecule has 15 heavy (non-hydrogen) atoms. The van der Waals surface area contributed by atoms with Crippen LogP contribution in [-0.4, -0.2) is 17.6 Å². The number of benzene rings is 1. The second-order valence-electron chi connectivity index (χ2n) is 3.56. The Morgan fingerprint density at radius 1 is 1.40 bits per heavy atom. The van der Waals surface area contributed by atoms with Crippen molar-refractivity contribution in [2.45, 2.75) is 13.5 Å². The van der Waals surface area contributed by atoms with E-state index < -0.39 is 5.97 Å². The molecule has 0 aliphatic heterocycles. The Morgan fingerprint density at radius 3 is 2.47 bits per heavy atom. The third kappa shape index (κ3) is 3.95. The van der Waals surface area contributed by atoms with Gasteiger partial charge in [0.25, 0.3) is 0 Å². The molecule has 0 aliphatic carbocycles. The third-order valence-corrected chi connectivity index (χ3v) is 1.96. The van der Waals surface area contributed by atoms with Crippen LogP contribution < -0.4 is 5.32 Å². The Labute approximate surface area is 89.4 Å². The molecule has 3 nitrogen and oxygen atoms in total. The van der Waals surface area contributed by atoms with E-state index in [1.165, 1.54) is 0 Å². The summed E-state index contributed by atoms with van der Waals surface area (Å²) >= 11 is 0. The molecule has 0 amide bonds. The average Bonchev–Trinajstić information content (AvgIpc) is 2.18. The van der Waals surface area contributed by atoms with Crippen molar-refractivity contribution in [3.05, 3.63) is 47.5 Å². The van der Waals surface area contributed by atoms with E-state index in [2.05, 4.69) is 11.9 Å².